The number of nitrogen functional groups attached to an aromatic ring is 1. The number of esters is 1. The molecule has 21 heavy (non-hydrogen) atoms. The molecule has 0 saturated carbocycles. The van der Waals surface area contributed by atoms with E-state index in [1.54, 1.807) is 18.3 Å². The van der Waals surface area contributed by atoms with Crippen LogP contribution in [0.1, 0.15) is 47.5 Å². The third kappa shape index (κ3) is 3.17. The van der Waals surface area contributed by atoms with Crippen LogP contribution in [-0.4, -0.2) is 12.6 Å². The maximum absolute atomic E-state index is 12.1. The van der Waals surface area contributed by atoms with Crippen molar-refractivity contribution in [1.29, 1.82) is 0 Å². The predicted molar refractivity (Wildman–Crippen MR) is 94.5 cm³/mol. The van der Waals surface area contributed by atoms with Gasteiger partial charge in [0.05, 0.1) is 21.0 Å². The average molecular weight is 388 g/mol. The molecule has 0 unspecified atom stereocenters. The zero-order chi connectivity index (χ0) is 15.7. The van der Waals surface area contributed by atoms with E-state index in [1.807, 2.05) is 0 Å². The highest BCUT2D eigenvalue weighted by atomic mass is 79.9. The van der Waals surface area contributed by atoms with E-state index in [9.17, 15) is 4.79 Å². The first kappa shape index (κ1) is 16.5. The van der Waals surface area contributed by atoms with Crippen molar-refractivity contribution >= 4 is 50.3 Å². The molecule has 0 radical (unpaired) electrons. The molecule has 0 saturated heterocycles. The number of carbonyl (C=O) groups is 1. The van der Waals surface area contributed by atoms with Crippen molar-refractivity contribution in [3.05, 3.63) is 25.9 Å². The molecule has 0 aliphatic rings. The van der Waals surface area contributed by atoms with Crippen LogP contribution in [0.25, 0.3) is 9.75 Å². The van der Waals surface area contributed by atoms with Gasteiger partial charge < -0.3 is 10.5 Å². The zero-order valence-corrected chi connectivity index (χ0v) is 15.7. The predicted octanol–water partition coefficient (Wildman–Crippen LogP) is 5.43. The first-order valence-corrected chi connectivity index (χ1v) is 9.14. The smallest absolute Gasteiger partial charge is 0.350 e. The van der Waals surface area contributed by atoms with E-state index >= 15 is 0 Å². The molecule has 0 aliphatic carbocycles. The molecule has 3 nitrogen and oxygen atoms in total. The lowest BCUT2D eigenvalue weighted by atomic mass is 10.0. The standard InChI is InChI=1S/C15H18BrNO2S2/c1-5-19-15(18)13-11(17)10(7(2)3)12(21-13)9-6-8(4)14(16)20-9/h6-7H,5,17H2,1-4H3. The van der Waals surface area contributed by atoms with Gasteiger partial charge >= 0.3 is 5.97 Å². The summed E-state index contributed by atoms with van der Waals surface area (Å²) in [4.78, 5) is 14.8. The van der Waals surface area contributed by atoms with Crippen molar-refractivity contribution < 1.29 is 9.53 Å². The molecule has 0 bridgehead atoms. The summed E-state index contributed by atoms with van der Waals surface area (Å²) in [5.74, 6) is -0.0823. The van der Waals surface area contributed by atoms with Crippen LogP contribution in [0, 0.1) is 6.92 Å². The SMILES string of the molecule is CCOC(=O)c1sc(-c2cc(C)c(Br)s2)c(C(C)C)c1N. The van der Waals surface area contributed by atoms with Gasteiger partial charge in [0, 0.05) is 4.88 Å². The van der Waals surface area contributed by atoms with Crippen LogP contribution < -0.4 is 5.73 Å². The summed E-state index contributed by atoms with van der Waals surface area (Å²) in [5, 5.41) is 0. The molecule has 0 aliphatic heterocycles. The Balaban J connectivity index is 2.59. The Hall–Kier alpha value is -0.850. The highest BCUT2D eigenvalue weighted by Crippen LogP contribution is 2.46. The van der Waals surface area contributed by atoms with Crippen LogP contribution in [0.4, 0.5) is 5.69 Å². The number of carbonyl (C=O) groups excluding carboxylic acids is 1. The minimum absolute atomic E-state index is 0.251. The summed E-state index contributed by atoms with van der Waals surface area (Å²) in [6, 6.07) is 2.13. The number of ether oxygens (including phenoxy) is 1. The minimum atomic E-state index is -0.333. The largest absolute Gasteiger partial charge is 0.462 e. The number of hydrogen-bond donors (Lipinski definition) is 1. The molecular formula is C15H18BrNO2S2. The fraction of sp³-hybridized carbons (Fsp3) is 0.400. The lowest BCUT2D eigenvalue weighted by Gasteiger charge is -2.07. The Labute approximate surface area is 141 Å². The summed E-state index contributed by atoms with van der Waals surface area (Å²) in [6.45, 7) is 8.39. The fourth-order valence-corrected chi connectivity index (χ4v) is 5.05. The van der Waals surface area contributed by atoms with Gasteiger partial charge in [-0.15, -0.1) is 22.7 Å². The lowest BCUT2D eigenvalue weighted by molar-refractivity contribution is 0.0533. The molecule has 2 aromatic heterocycles. The number of hydrogen-bond acceptors (Lipinski definition) is 5. The van der Waals surface area contributed by atoms with Crippen LogP contribution in [0.5, 0.6) is 0 Å². The number of anilines is 1. The third-order valence-corrected chi connectivity index (χ3v) is 6.62. The summed E-state index contributed by atoms with van der Waals surface area (Å²) in [5.41, 5.74) is 9.01. The van der Waals surface area contributed by atoms with Gasteiger partial charge in [0.2, 0.25) is 0 Å². The van der Waals surface area contributed by atoms with Crippen molar-refractivity contribution in [2.45, 2.75) is 33.6 Å². The maximum Gasteiger partial charge on any atom is 0.350 e. The Morgan fingerprint density at radius 2 is 2.10 bits per heavy atom. The first-order valence-electron chi connectivity index (χ1n) is 6.72. The Morgan fingerprint density at radius 1 is 1.43 bits per heavy atom. The van der Waals surface area contributed by atoms with Crippen molar-refractivity contribution in [2.24, 2.45) is 0 Å². The van der Waals surface area contributed by atoms with Gasteiger partial charge in [-0.2, -0.15) is 0 Å². The first-order chi connectivity index (χ1) is 9.86. The molecule has 0 amide bonds. The zero-order valence-electron chi connectivity index (χ0n) is 12.5. The van der Waals surface area contributed by atoms with E-state index in [0.29, 0.717) is 17.2 Å². The van der Waals surface area contributed by atoms with E-state index in [2.05, 4.69) is 42.8 Å². The second-order valence-corrected chi connectivity index (χ2v) is 8.42. The van der Waals surface area contributed by atoms with Crippen LogP contribution >= 0.6 is 38.6 Å². The van der Waals surface area contributed by atoms with Crippen molar-refractivity contribution in [3.63, 3.8) is 0 Å². The second-order valence-electron chi connectivity index (χ2n) is 5.03. The van der Waals surface area contributed by atoms with E-state index < -0.39 is 0 Å². The van der Waals surface area contributed by atoms with Gasteiger partial charge in [0.15, 0.2) is 0 Å². The molecule has 2 aromatic rings. The molecule has 0 aromatic carbocycles. The van der Waals surface area contributed by atoms with Gasteiger partial charge in [-0.25, -0.2) is 4.79 Å². The number of thiophene rings is 2. The van der Waals surface area contributed by atoms with Gasteiger partial charge in [-0.1, -0.05) is 13.8 Å². The molecule has 114 valence electrons. The Kier molecular flexibility index (Phi) is 5.11. The third-order valence-electron chi connectivity index (χ3n) is 3.10. The maximum atomic E-state index is 12.1. The Morgan fingerprint density at radius 3 is 2.57 bits per heavy atom. The number of aryl methyl sites for hydroxylation is 1. The number of halogens is 1. The monoisotopic (exact) mass is 387 g/mol. The van der Waals surface area contributed by atoms with Gasteiger partial charge in [-0.3, -0.25) is 0 Å². The number of rotatable bonds is 4. The minimum Gasteiger partial charge on any atom is -0.462 e. The van der Waals surface area contributed by atoms with Crippen LogP contribution in [0.15, 0.2) is 9.85 Å². The van der Waals surface area contributed by atoms with Gasteiger partial charge in [0.25, 0.3) is 0 Å². The number of nitrogens with two attached hydrogens (primary N) is 1. The van der Waals surface area contributed by atoms with E-state index in [4.69, 9.17) is 10.5 Å². The molecule has 2 heterocycles. The van der Waals surface area contributed by atoms with Gasteiger partial charge in [-0.05, 0) is 52.9 Å². The van der Waals surface area contributed by atoms with E-state index in [-0.39, 0.29) is 11.9 Å². The molecule has 0 atom stereocenters. The summed E-state index contributed by atoms with van der Waals surface area (Å²) >= 11 is 6.65. The summed E-state index contributed by atoms with van der Waals surface area (Å²) in [7, 11) is 0. The Bertz CT molecular complexity index is 654. The summed E-state index contributed by atoms with van der Waals surface area (Å²) < 4.78 is 6.22. The summed E-state index contributed by atoms with van der Waals surface area (Å²) in [6.07, 6.45) is 0. The quantitative estimate of drug-likeness (QED) is 0.711. The lowest BCUT2D eigenvalue weighted by Crippen LogP contribution is -2.06. The highest BCUT2D eigenvalue weighted by molar-refractivity contribution is 9.11. The highest BCUT2D eigenvalue weighted by Gasteiger charge is 2.25. The van der Waals surface area contributed by atoms with Crippen molar-refractivity contribution in [3.8, 4) is 9.75 Å². The van der Waals surface area contributed by atoms with Crippen molar-refractivity contribution in [2.75, 3.05) is 12.3 Å². The average Bonchev–Trinajstić information content (AvgIpc) is 2.91. The van der Waals surface area contributed by atoms with Crippen LogP contribution in [0.2, 0.25) is 0 Å². The topological polar surface area (TPSA) is 52.3 Å². The van der Waals surface area contributed by atoms with Crippen molar-refractivity contribution in [1.82, 2.24) is 0 Å². The van der Waals surface area contributed by atoms with Crippen LogP contribution in [0.3, 0.4) is 0 Å². The molecule has 0 fully saturated rings. The molecule has 6 heteroatoms. The van der Waals surface area contributed by atoms with Crippen LogP contribution in [-0.2, 0) is 4.74 Å². The fourth-order valence-electron chi connectivity index (χ4n) is 2.13. The molecule has 2 N–H and O–H groups in total. The van der Waals surface area contributed by atoms with E-state index in [1.165, 1.54) is 16.9 Å². The molecular weight excluding hydrogens is 370 g/mol. The molecule has 2 rings (SSSR count). The van der Waals surface area contributed by atoms with E-state index in [0.717, 1.165) is 19.1 Å². The van der Waals surface area contributed by atoms with Gasteiger partial charge in [0.1, 0.15) is 4.88 Å². The normalized spacial score (nSPS) is 11.1. The molecule has 0 spiro atoms. The second kappa shape index (κ2) is 6.50.